The van der Waals surface area contributed by atoms with Crippen LogP contribution in [-0.4, -0.2) is 41.0 Å². The Morgan fingerprint density at radius 3 is 0.981 bits per heavy atom. The van der Waals surface area contributed by atoms with E-state index in [0.29, 0.717) is 6.42 Å². The molecule has 0 aromatic carbocycles. The summed E-state index contributed by atoms with van der Waals surface area (Å²) in [4.78, 5) is 42.8. The molecule has 0 rings (SSSR count). The van der Waals surface area contributed by atoms with E-state index in [2.05, 4.69) is 18.4 Å². The van der Waals surface area contributed by atoms with Crippen LogP contribution >= 0.6 is 7.82 Å². The first-order chi connectivity index (χ1) is 25.3. The number of hydrogen-bond acceptors (Lipinski definition) is 6. The van der Waals surface area contributed by atoms with E-state index in [4.69, 9.17) is 19.3 Å². The molecular weight excluding hydrogens is 675 g/mol. The molecule has 0 aliphatic rings. The van der Waals surface area contributed by atoms with Gasteiger partial charge in [-0.05, 0) is 12.8 Å². The van der Waals surface area contributed by atoms with Crippen LogP contribution in [0.25, 0.3) is 0 Å². The van der Waals surface area contributed by atoms with Crippen molar-refractivity contribution >= 4 is 19.8 Å². The van der Waals surface area contributed by atoms with Gasteiger partial charge in [0.25, 0.3) is 0 Å². The third kappa shape index (κ3) is 41.8. The van der Waals surface area contributed by atoms with Crippen molar-refractivity contribution in [3.05, 3.63) is 0 Å². The molecule has 0 aromatic heterocycles. The summed E-state index contributed by atoms with van der Waals surface area (Å²) in [7, 11) is -4.74. The van der Waals surface area contributed by atoms with E-state index < -0.39 is 32.5 Å². The highest BCUT2D eigenvalue weighted by molar-refractivity contribution is 7.46. The number of carbonyl (C=O) groups excluding carboxylic acids is 2. The first-order valence-electron chi connectivity index (χ1n) is 22.3. The van der Waals surface area contributed by atoms with Crippen molar-refractivity contribution in [2.45, 2.75) is 251 Å². The summed E-state index contributed by atoms with van der Waals surface area (Å²) in [6.07, 6.45) is 42.6. The Balaban J connectivity index is 3.76. The van der Waals surface area contributed by atoms with Crippen LogP contribution in [0, 0.1) is 0 Å². The van der Waals surface area contributed by atoms with Gasteiger partial charge < -0.3 is 19.3 Å². The van der Waals surface area contributed by atoms with Crippen molar-refractivity contribution in [3.8, 4) is 0 Å². The smallest absolute Gasteiger partial charge is 0.462 e. The second-order valence-corrected chi connectivity index (χ2v) is 16.6. The first-order valence-corrected chi connectivity index (χ1v) is 23.9. The number of esters is 2. The first kappa shape index (κ1) is 51.0. The van der Waals surface area contributed by atoms with Crippen LogP contribution in [0.1, 0.15) is 245 Å². The Bertz CT molecular complexity index is 817. The van der Waals surface area contributed by atoms with Gasteiger partial charge in [-0.25, -0.2) is 4.57 Å². The third-order valence-electron chi connectivity index (χ3n) is 10.1. The molecule has 8 nitrogen and oxygen atoms in total. The van der Waals surface area contributed by atoms with E-state index in [0.717, 1.165) is 38.5 Å². The molecule has 0 aromatic rings. The third-order valence-corrected chi connectivity index (χ3v) is 10.6. The van der Waals surface area contributed by atoms with E-state index in [1.165, 1.54) is 173 Å². The molecule has 0 bridgehead atoms. The normalized spacial score (nSPS) is 12.3. The van der Waals surface area contributed by atoms with Crippen molar-refractivity contribution < 1.29 is 37.9 Å². The second kappa shape index (κ2) is 39.7. The van der Waals surface area contributed by atoms with Gasteiger partial charge in [-0.3, -0.25) is 14.1 Å². The minimum Gasteiger partial charge on any atom is -0.462 e. The highest BCUT2D eigenvalue weighted by atomic mass is 31.2. The molecule has 0 aliphatic heterocycles. The average molecular weight is 761 g/mol. The van der Waals surface area contributed by atoms with Gasteiger partial charge in [-0.1, -0.05) is 219 Å². The zero-order valence-electron chi connectivity index (χ0n) is 34.2. The summed E-state index contributed by atoms with van der Waals surface area (Å²) in [5, 5.41) is 0. The summed E-state index contributed by atoms with van der Waals surface area (Å²) in [5.74, 6) is -0.867. The van der Waals surface area contributed by atoms with Crippen molar-refractivity contribution in [1.29, 1.82) is 0 Å². The second-order valence-electron chi connectivity index (χ2n) is 15.4. The Hall–Kier alpha value is -0.950. The maximum Gasteiger partial charge on any atom is 0.469 e. The summed E-state index contributed by atoms with van der Waals surface area (Å²) >= 11 is 0. The van der Waals surface area contributed by atoms with Gasteiger partial charge in [-0.15, -0.1) is 0 Å². The fraction of sp³-hybridized carbons (Fsp3) is 0.953. The predicted octanol–water partition coefficient (Wildman–Crippen LogP) is 13.6. The van der Waals surface area contributed by atoms with Crippen LogP contribution in [0.15, 0.2) is 0 Å². The number of ether oxygens (including phenoxy) is 2. The number of phosphoric acid groups is 1. The minimum absolute atomic E-state index is 0.220. The Morgan fingerprint density at radius 1 is 0.423 bits per heavy atom. The molecule has 0 unspecified atom stereocenters. The van der Waals surface area contributed by atoms with Crippen LogP contribution in [0.2, 0.25) is 0 Å². The molecule has 0 heterocycles. The summed E-state index contributed by atoms with van der Waals surface area (Å²) in [6.45, 7) is 3.72. The van der Waals surface area contributed by atoms with E-state index in [-0.39, 0.29) is 19.4 Å². The molecule has 0 saturated carbocycles. The molecule has 0 fully saturated rings. The van der Waals surface area contributed by atoms with Gasteiger partial charge in [0.1, 0.15) is 6.61 Å². The van der Waals surface area contributed by atoms with Gasteiger partial charge in [-0.2, -0.15) is 0 Å². The highest BCUT2D eigenvalue weighted by Crippen LogP contribution is 2.36. The number of rotatable bonds is 42. The lowest BCUT2D eigenvalue weighted by Gasteiger charge is -2.18. The highest BCUT2D eigenvalue weighted by Gasteiger charge is 2.23. The number of hydrogen-bond donors (Lipinski definition) is 2. The van der Waals surface area contributed by atoms with Crippen molar-refractivity contribution in [1.82, 2.24) is 0 Å². The Labute approximate surface area is 321 Å². The molecule has 0 radical (unpaired) electrons. The lowest BCUT2D eigenvalue weighted by Crippen LogP contribution is -2.29. The largest absolute Gasteiger partial charge is 0.469 e. The van der Waals surface area contributed by atoms with Gasteiger partial charge in [0.05, 0.1) is 6.61 Å². The molecular formula is C43H85O8P. The molecule has 9 heteroatoms. The van der Waals surface area contributed by atoms with Gasteiger partial charge >= 0.3 is 19.8 Å². The number of carbonyl (C=O) groups is 2. The van der Waals surface area contributed by atoms with Crippen LogP contribution in [0.5, 0.6) is 0 Å². The van der Waals surface area contributed by atoms with Crippen LogP contribution in [-0.2, 0) is 28.2 Å². The maximum atomic E-state index is 12.4. The summed E-state index contributed by atoms with van der Waals surface area (Å²) in [5.41, 5.74) is 0. The lowest BCUT2D eigenvalue weighted by atomic mass is 10.0. The van der Waals surface area contributed by atoms with Crippen molar-refractivity contribution in [2.75, 3.05) is 13.2 Å². The zero-order valence-corrected chi connectivity index (χ0v) is 35.1. The molecule has 310 valence electrons. The summed E-state index contributed by atoms with van der Waals surface area (Å²) < 4.78 is 26.4. The van der Waals surface area contributed by atoms with E-state index >= 15 is 0 Å². The Morgan fingerprint density at radius 2 is 0.692 bits per heavy atom. The van der Waals surface area contributed by atoms with Crippen molar-refractivity contribution in [2.24, 2.45) is 0 Å². The van der Waals surface area contributed by atoms with Gasteiger partial charge in [0, 0.05) is 12.8 Å². The molecule has 0 spiro atoms. The van der Waals surface area contributed by atoms with Gasteiger partial charge in [0.15, 0.2) is 6.10 Å². The fourth-order valence-corrected chi connectivity index (χ4v) is 7.15. The Kier molecular flexibility index (Phi) is 39.0. The minimum atomic E-state index is -4.74. The average Bonchev–Trinajstić information content (AvgIpc) is 3.11. The molecule has 1 atom stereocenters. The molecule has 52 heavy (non-hydrogen) atoms. The van der Waals surface area contributed by atoms with Crippen molar-refractivity contribution in [3.63, 3.8) is 0 Å². The zero-order chi connectivity index (χ0) is 38.2. The monoisotopic (exact) mass is 761 g/mol. The molecule has 2 N–H and O–H groups in total. The standard InChI is InChI=1S/C43H85O8P/c1-3-5-7-9-11-13-15-17-18-19-20-21-22-23-24-25-26-28-29-31-33-35-37-42(44)49-39-41(40-50-52(46,47)48)51-43(45)38-36-34-32-30-27-16-14-12-10-8-6-4-2/h41H,3-40H2,1-2H3,(H2,46,47,48)/t41-/m1/s1. The maximum absolute atomic E-state index is 12.4. The predicted molar refractivity (Wildman–Crippen MR) is 216 cm³/mol. The van der Waals surface area contributed by atoms with Crippen LogP contribution in [0.3, 0.4) is 0 Å². The quantitative estimate of drug-likeness (QED) is 0.0358. The van der Waals surface area contributed by atoms with E-state index in [1.807, 2.05) is 0 Å². The van der Waals surface area contributed by atoms with Crippen LogP contribution < -0.4 is 0 Å². The summed E-state index contributed by atoms with van der Waals surface area (Å²) in [6, 6.07) is 0. The molecule has 0 amide bonds. The van der Waals surface area contributed by atoms with E-state index in [9.17, 15) is 14.2 Å². The number of phosphoric ester groups is 1. The SMILES string of the molecule is CCCCCCCCCCCCCCCCCCCCCCCCC(=O)OC[C@H](COP(=O)(O)O)OC(=O)CCCCCCCCCCCCCC. The lowest BCUT2D eigenvalue weighted by molar-refractivity contribution is -0.161. The topological polar surface area (TPSA) is 119 Å². The van der Waals surface area contributed by atoms with Gasteiger partial charge in [0.2, 0.25) is 0 Å². The molecule has 0 saturated heterocycles. The molecule has 0 aliphatic carbocycles. The van der Waals surface area contributed by atoms with Crippen LogP contribution in [0.4, 0.5) is 0 Å². The number of unbranched alkanes of at least 4 members (excludes halogenated alkanes) is 32. The van der Waals surface area contributed by atoms with E-state index in [1.54, 1.807) is 0 Å². The fourth-order valence-electron chi connectivity index (χ4n) is 6.79.